The molecule has 0 radical (unpaired) electrons. The van der Waals surface area contributed by atoms with E-state index in [9.17, 15) is 9.90 Å². The summed E-state index contributed by atoms with van der Waals surface area (Å²) < 4.78 is 1.77. The van der Waals surface area contributed by atoms with Gasteiger partial charge in [-0.2, -0.15) is 0 Å². The van der Waals surface area contributed by atoms with Gasteiger partial charge >= 0.3 is 0 Å². The van der Waals surface area contributed by atoms with Gasteiger partial charge in [0.15, 0.2) is 0 Å². The zero-order valence-corrected chi connectivity index (χ0v) is 17.7. The van der Waals surface area contributed by atoms with E-state index in [1.807, 2.05) is 49.4 Å². The van der Waals surface area contributed by atoms with E-state index < -0.39 is 0 Å². The normalized spacial score (nSPS) is 16.5. The van der Waals surface area contributed by atoms with Crippen LogP contribution in [0.15, 0.2) is 65.7 Å². The Morgan fingerprint density at radius 2 is 1.77 bits per heavy atom. The molecular formula is C25H29N3O2. The molecule has 1 aliphatic heterocycles. The van der Waals surface area contributed by atoms with E-state index in [-0.39, 0.29) is 17.4 Å². The molecule has 30 heavy (non-hydrogen) atoms. The smallest absolute Gasteiger partial charge is 0.259 e. The van der Waals surface area contributed by atoms with Crippen molar-refractivity contribution < 1.29 is 5.11 Å². The standard InChI is InChI=1S/C25H29N3O2/c1-18-10-14-27(15-11-18)24(21-8-12-26-13-9-21)23-22(29)16-19(2)28(25(23)30)17-20-6-4-3-5-7-20/h3-9,12-13,16,18,24,29H,10-11,14-15,17H2,1-2H3. The topological polar surface area (TPSA) is 58.4 Å². The first kappa shape index (κ1) is 20.4. The molecule has 0 saturated carbocycles. The average molecular weight is 404 g/mol. The third-order valence-corrected chi connectivity index (χ3v) is 6.19. The number of rotatable bonds is 5. The largest absolute Gasteiger partial charge is 0.507 e. The number of pyridine rings is 2. The van der Waals surface area contributed by atoms with Crippen molar-refractivity contribution in [2.75, 3.05) is 13.1 Å². The Kier molecular flexibility index (Phi) is 6.00. The zero-order valence-electron chi connectivity index (χ0n) is 17.7. The minimum absolute atomic E-state index is 0.0715. The summed E-state index contributed by atoms with van der Waals surface area (Å²) >= 11 is 0. The molecule has 0 bridgehead atoms. The minimum Gasteiger partial charge on any atom is -0.507 e. The van der Waals surface area contributed by atoms with Crippen molar-refractivity contribution in [3.05, 3.63) is 93.7 Å². The van der Waals surface area contributed by atoms with E-state index in [4.69, 9.17) is 0 Å². The lowest BCUT2D eigenvalue weighted by Crippen LogP contribution is -2.40. The van der Waals surface area contributed by atoms with Gasteiger partial charge in [-0.3, -0.25) is 14.7 Å². The maximum atomic E-state index is 13.7. The van der Waals surface area contributed by atoms with Crippen molar-refractivity contribution in [1.82, 2.24) is 14.5 Å². The van der Waals surface area contributed by atoms with Crippen molar-refractivity contribution in [2.45, 2.75) is 39.3 Å². The molecule has 4 rings (SSSR count). The first-order valence-electron chi connectivity index (χ1n) is 10.7. The van der Waals surface area contributed by atoms with E-state index in [1.54, 1.807) is 23.0 Å². The van der Waals surface area contributed by atoms with Crippen LogP contribution in [0, 0.1) is 12.8 Å². The van der Waals surface area contributed by atoms with Gasteiger partial charge in [-0.05, 0) is 68.1 Å². The fourth-order valence-electron chi connectivity index (χ4n) is 4.38. The Morgan fingerprint density at radius 1 is 1.10 bits per heavy atom. The summed E-state index contributed by atoms with van der Waals surface area (Å²) in [6.45, 7) is 6.44. The number of likely N-dealkylation sites (tertiary alicyclic amines) is 1. The molecule has 1 saturated heterocycles. The fourth-order valence-corrected chi connectivity index (χ4v) is 4.38. The Bertz CT molecular complexity index is 1040. The van der Waals surface area contributed by atoms with Crippen LogP contribution in [-0.2, 0) is 6.54 Å². The number of aromatic nitrogens is 2. The van der Waals surface area contributed by atoms with Crippen LogP contribution in [0.4, 0.5) is 0 Å². The van der Waals surface area contributed by atoms with Gasteiger partial charge in [0.2, 0.25) is 0 Å². The second-order valence-electron chi connectivity index (χ2n) is 8.36. The number of piperidine rings is 1. The van der Waals surface area contributed by atoms with Crippen molar-refractivity contribution in [3.8, 4) is 5.75 Å². The molecular weight excluding hydrogens is 374 g/mol. The molecule has 1 unspecified atom stereocenters. The van der Waals surface area contributed by atoms with Crippen LogP contribution in [0.3, 0.4) is 0 Å². The molecule has 1 aromatic carbocycles. The highest BCUT2D eigenvalue weighted by Crippen LogP contribution is 2.35. The fraction of sp³-hybridized carbons (Fsp3) is 0.360. The molecule has 0 aliphatic carbocycles. The monoisotopic (exact) mass is 403 g/mol. The van der Waals surface area contributed by atoms with Crippen LogP contribution in [0.25, 0.3) is 0 Å². The summed E-state index contributed by atoms with van der Waals surface area (Å²) in [5.74, 6) is 0.753. The molecule has 0 amide bonds. The molecule has 1 N–H and O–H groups in total. The number of benzene rings is 1. The maximum Gasteiger partial charge on any atom is 0.259 e. The van der Waals surface area contributed by atoms with Gasteiger partial charge in [0.05, 0.1) is 18.2 Å². The van der Waals surface area contributed by atoms with Crippen LogP contribution >= 0.6 is 0 Å². The molecule has 1 fully saturated rings. The molecule has 2 aromatic heterocycles. The third kappa shape index (κ3) is 4.17. The predicted octanol–water partition coefficient (Wildman–Crippen LogP) is 4.13. The van der Waals surface area contributed by atoms with Gasteiger partial charge in [-0.15, -0.1) is 0 Å². The van der Waals surface area contributed by atoms with Crippen LogP contribution in [0.5, 0.6) is 5.75 Å². The number of hydrogen-bond acceptors (Lipinski definition) is 4. The first-order valence-corrected chi connectivity index (χ1v) is 10.7. The average Bonchev–Trinajstić information content (AvgIpc) is 2.76. The molecule has 1 aliphatic rings. The molecule has 1 atom stereocenters. The van der Waals surface area contributed by atoms with Crippen LogP contribution in [0.1, 0.15) is 48.2 Å². The lowest BCUT2D eigenvalue weighted by atomic mass is 9.92. The number of aromatic hydroxyl groups is 1. The lowest BCUT2D eigenvalue weighted by molar-refractivity contribution is 0.154. The summed E-state index contributed by atoms with van der Waals surface area (Å²) in [4.78, 5) is 20.2. The van der Waals surface area contributed by atoms with Gasteiger partial charge in [0.1, 0.15) is 5.75 Å². The van der Waals surface area contributed by atoms with Gasteiger partial charge in [0, 0.05) is 18.1 Å². The minimum atomic E-state index is -0.282. The molecule has 0 spiro atoms. The number of aryl methyl sites for hydroxylation is 1. The highest BCUT2D eigenvalue weighted by molar-refractivity contribution is 5.41. The molecule has 156 valence electrons. The van der Waals surface area contributed by atoms with E-state index in [1.165, 1.54) is 0 Å². The van der Waals surface area contributed by atoms with Crippen LogP contribution < -0.4 is 5.56 Å². The Labute approximate surface area is 177 Å². The van der Waals surface area contributed by atoms with Crippen LogP contribution in [0.2, 0.25) is 0 Å². The number of nitrogens with zero attached hydrogens (tertiary/aromatic N) is 3. The SMILES string of the molecule is Cc1cc(O)c(C(c2ccncc2)N2CCC(C)CC2)c(=O)n1Cc1ccccc1. The quantitative estimate of drug-likeness (QED) is 0.696. The highest BCUT2D eigenvalue weighted by Gasteiger charge is 2.31. The summed E-state index contributed by atoms with van der Waals surface area (Å²) in [5.41, 5.74) is 3.13. The maximum absolute atomic E-state index is 13.7. The van der Waals surface area contributed by atoms with Gasteiger partial charge < -0.3 is 9.67 Å². The van der Waals surface area contributed by atoms with Crippen molar-refractivity contribution >= 4 is 0 Å². The van der Waals surface area contributed by atoms with Gasteiger partial charge in [-0.1, -0.05) is 37.3 Å². The highest BCUT2D eigenvalue weighted by atomic mass is 16.3. The molecule has 5 nitrogen and oxygen atoms in total. The predicted molar refractivity (Wildman–Crippen MR) is 119 cm³/mol. The second kappa shape index (κ2) is 8.84. The van der Waals surface area contributed by atoms with E-state index in [2.05, 4.69) is 16.8 Å². The first-order chi connectivity index (χ1) is 14.5. The van der Waals surface area contributed by atoms with Crippen molar-refractivity contribution in [3.63, 3.8) is 0 Å². The van der Waals surface area contributed by atoms with E-state index in [0.717, 1.165) is 42.8 Å². The van der Waals surface area contributed by atoms with E-state index in [0.29, 0.717) is 18.0 Å². The Balaban J connectivity index is 1.82. The van der Waals surface area contributed by atoms with Crippen molar-refractivity contribution in [2.24, 2.45) is 5.92 Å². The van der Waals surface area contributed by atoms with Crippen molar-refractivity contribution in [1.29, 1.82) is 0 Å². The van der Waals surface area contributed by atoms with E-state index >= 15 is 0 Å². The molecule has 3 heterocycles. The summed E-state index contributed by atoms with van der Waals surface area (Å²) in [5, 5.41) is 10.9. The molecule has 5 heteroatoms. The van der Waals surface area contributed by atoms with Gasteiger partial charge in [0.25, 0.3) is 5.56 Å². The molecule has 3 aromatic rings. The van der Waals surface area contributed by atoms with Gasteiger partial charge in [-0.25, -0.2) is 0 Å². The Hall–Kier alpha value is -2.92. The summed E-state index contributed by atoms with van der Waals surface area (Å²) in [6, 6.07) is 15.3. The number of hydrogen-bond donors (Lipinski definition) is 1. The summed E-state index contributed by atoms with van der Waals surface area (Å²) in [6.07, 6.45) is 5.68. The van der Waals surface area contributed by atoms with Crippen LogP contribution in [-0.4, -0.2) is 32.6 Å². The Morgan fingerprint density at radius 3 is 2.43 bits per heavy atom. The second-order valence-corrected chi connectivity index (χ2v) is 8.36. The summed E-state index contributed by atoms with van der Waals surface area (Å²) in [7, 11) is 0. The lowest BCUT2D eigenvalue weighted by Gasteiger charge is -2.37. The third-order valence-electron chi connectivity index (χ3n) is 6.19. The zero-order chi connectivity index (χ0) is 21.1.